The van der Waals surface area contributed by atoms with Crippen LogP contribution in [0, 0.1) is 0 Å². The Labute approximate surface area is 319 Å². The van der Waals surface area contributed by atoms with Crippen molar-refractivity contribution in [3.05, 3.63) is 188 Å². The summed E-state index contributed by atoms with van der Waals surface area (Å²) < 4.78 is 6.56. The lowest BCUT2D eigenvalue weighted by atomic mass is 9.90. The number of aliphatic imine (C=N–C) groups is 1. The SMILES string of the molecule is C1=NCNC=C1c1cccc(-c2cccc(-c3cc(-c4cccc(-c5cccc(-c6cncnc6)c5)c4)cc(-c4cccc5c4oc4ccccc45)c3)c2)c1. The molecule has 7 aromatic carbocycles. The molecule has 5 nitrogen and oxygen atoms in total. The lowest BCUT2D eigenvalue weighted by molar-refractivity contribution is 0.670. The van der Waals surface area contributed by atoms with Gasteiger partial charge in [0.25, 0.3) is 0 Å². The lowest BCUT2D eigenvalue weighted by Gasteiger charge is -2.14. The number of benzene rings is 7. The molecule has 10 rings (SSSR count). The first-order valence-electron chi connectivity index (χ1n) is 18.4. The minimum atomic E-state index is 0.610. The number of rotatable bonds is 7. The Hall–Kier alpha value is -7.37. The van der Waals surface area contributed by atoms with E-state index in [4.69, 9.17) is 4.42 Å². The van der Waals surface area contributed by atoms with Crippen LogP contribution in [0.4, 0.5) is 0 Å². The van der Waals surface area contributed by atoms with Gasteiger partial charge in [-0.2, -0.15) is 0 Å². The number of nitrogens with one attached hydrogen (secondary N) is 1. The van der Waals surface area contributed by atoms with E-state index in [2.05, 4.69) is 166 Å². The van der Waals surface area contributed by atoms with Crippen molar-refractivity contribution >= 4 is 33.7 Å². The molecule has 1 N–H and O–H groups in total. The summed E-state index contributed by atoms with van der Waals surface area (Å²) in [6, 6.07) is 56.5. The Balaban J connectivity index is 1.11. The number of para-hydroxylation sites is 2. The van der Waals surface area contributed by atoms with Crippen LogP contribution < -0.4 is 5.32 Å². The van der Waals surface area contributed by atoms with Crippen molar-refractivity contribution in [2.75, 3.05) is 6.67 Å². The molecule has 2 aromatic heterocycles. The number of hydrogen-bond acceptors (Lipinski definition) is 5. The molecule has 0 saturated carbocycles. The molecule has 260 valence electrons. The smallest absolute Gasteiger partial charge is 0.143 e. The Morgan fingerprint density at radius 2 is 0.927 bits per heavy atom. The fourth-order valence-corrected chi connectivity index (χ4v) is 7.60. The first kappa shape index (κ1) is 32.3. The average Bonchev–Trinajstić information content (AvgIpc) is 3.66. The van der Waals surface area contributed by atoms with Gasteiger partial charge in [0.15, 0.2) is 0 Å². The zero-order valence-corrected chi connectivity index (χ0v) is 29.9. The molecule has 0 fully saturated rings. The lowest BCUT2D eigenvalue weighted by Crippen LogP contribution is -2.10. The molecule has 0 spiro atoms. The molecule has 0 atom stereocenters. The van der Waals surface area contributed by atoms with E-state index in [1.54, 1.807) is 6.33 Å². The van der Waals surface area contributed by atoms with E-state index in [9.17, 15) is 0 Å². The topological polar surface area (TPSA) is 63.3 Å². The number of fused-ring (bicyclic) bond motifs is 3. The van der Waals surface area contributed by atoms with E-state index < -0.39 is 0 Å². The summed E-state index contributed by atoms with van der Waals surface area (Å²) in [5.41, 5.74) is 17.3. The van der Waals surface area contributed by atoms with E-state index in [1.807, 2.05) is 36.9 Å². The van der Waals surface area contributed by atoms with E-state index in [-0.39, 0.29) is 0 Å². The second-order valence-corrected chi connectivity index (χ2v) is 13.8. The van der Waals surface area contributed by atoms with Gasteiger partial charge in [-0.15, -0.1) is 0 Å². The number of nitrogens with zero attached hydrogens (tertiary/aromatic N) is 3. The number of allylic oxidation sites excluding steroid dienone is 1. The maximum Gasteiger partial charge on any atom is 0.143 e. The molecular formula is C50H34N4O. The molecule has 0 saturated heterocycles. The van der Waals surface area contributed by atoms with E-state index >= 15 is 0 Å². The van der Waals surface area contributed by atoms with E-state index in [0.29, 0.717) is 6.67 Å². The fraction of sp³-hybridized carbons (Fsp3) is 0.0200. The van der Waals surface area contributed by atoms with Gasteiger partial charge in [0.1, 0.15) is 24.2 Å². The van der Waals surface area contributed by atoms with Crippen LogP contribution in [0.15, 0.2) is 192 Å². The van der Waals surface area contributed by atoms with Crippen molar-refractivity contribution in [3.63, 3.8) is 0 Å². The highest BCUT2D eigenvalue weighted by Crippen LogP contribution is 2.40. The van der Waals surface area contributed by atoms with Crippen molar-refractivity contribution < 1.29 is 4.42 Å². The van der Waals surface area contributed by atoms with Crippen molar-refractivity contribution in [3.8, 4) is 66.8 Å². The van der Waals surface area contributed by atoms with Gasteiger partial charge in [-0.3, -0.25) is 4.99 Å². The summed E-state index contributed by atoms with van der Waals surface area (Å²) in [6.07, 6.45) is 9.23. The molecule has 0 bridgehead atoms. The third-order valence-electron chi connectivity index (χ3n) is 10.3. The quantitative estimate of drug-likeness (QED) is 0.179. The first-order valence-corrected chi connectivity index (χ1v) is 18.4. The van der Waals surface area contributed by atoms with Gasteiger partial charge >= 0.3 is 0 Å². The van der Waals surface area contributed by atoms with Crippen LogP contribution in [0.5, 0.6) is 0 Å². The van der Waals surface area contributed by atoms with Gasteiger partial charge in [0.2, 0.25) is 0 Å². The summed E-state index contributed by atoms with van der Waals surface area (Å²) in [7, 11) is 0. The third kappa shape index (κ3) is 6.28. The normalized spacial score (nSPS) is 12.5. The molecule has 1 aliphatic rings. The Bertz CT molecular complexity index is 2940. The van der Waals surface area contributed by atoms with Crippen molar-refractivity contribution in [1.29, 1.82) is 0 Å². The second-order valence-electron chi connectivity index (χ2n) is 13.8. The molecule has 3 heterocycles. The highest BCUT2D eigenvalue weighted by Gasteiger charge is 2.16. The van der Waals surface area contributed by atoms with Gasteiger partial charge in [-0.05, 0) is 110 Å². The van der Waals surface area contributed by atoms with Crippen LogP contribution in [0.2, 0.25) is 0 Å². The monoisotopic (exact) mass is 706 g/mol. The largest absolute Gasteiger partial charge is 0.455 e. The summed E-state index contributed by atoms with van der Waals surface area (Å²) in [6.45, 7) is 0.610. The Kier molecular flexibility index (Phi) is 8.15. The van der Waals surface area contributed by atoms with Crippen LogP contribution >= 0.6 is 0 Å². The molecule has 1 aliphatic heterocycles. The van der Waals surface area contributed by atoms with E-state index in [1.165, 1.54) is 0 Å². The molecule has 5 heteroatoms. The van der Waals surface area contributed by atoms with Gasteiger partial charge in [0.05, 0.1) is 0 Å². The minimum Gasteiger partial charge on any atom is -0.455 e. The summed E-state index contributed by atoms with van der Waals surface area (Å²) in [5.74, 6) is 0. The van der Waals surface area contributed by atoms with Crippen molar-refractivity contribution in [1.82, 2.24) is 15.3 Å². The fourth-order valence-electron chi connectivity index (χ4n) is 7.60. The number of furan rings is 1. The molecule has 9 aromatic rings. The number of aromatic nitrogens is 2. The van der Waals surface area contributed by atoms with Gasteiger partial charge < -0.3 is 9.73 Å². The summed E-state index contributed by atoms with van der Waals surface area (Å²) in [5, 5.41) is 5.46. The average molecular weight is 707 g/mol. The zero-order chi connectivity index (χ0) is 36.6. The molecule has 0 amide bonds. The van der Waals surface area contributed by atoms with Crippen LogP contribution in [0.3, 0.4) is 0 Å². The van der Waals surface area contributed by atoms with Gasteiger partial charge in [0, 0.05) is 52.3 Å². The van der Waals surface area contributed by atoms with Crippen molar-refractivity contribution in [2.45, 2.75) is 0 Å². The van der Waals surface area contributed by atoms with Crippen LogP contribution in [-0.2, 0) is 0 Å². The standard InChI is InChI=1S/C50H34N4O/c1-2-19-49-47(16-1)48-18-7-17-46(50(48)55-49)43-25-41(37-12-3-8-33(20-37)35-10-5-14-39(22-35)44-27-51-31-52-28-44)24-42(26-43)38-13-4-9-34(21-38)36-11-6-15-40(23-36)45-29-53-32-54-30-45/h1-31,53H,32H2. The molecule has 55 heavy (non-hydrogen) atoms. The number of hydrogen-bond donors (Lipinski definition) is 1. The zero-order valence-electron chi connectivity index (χ0n) is 29.9. The molecule has 0 radical (unpaired) electrons. The maximum absolute atomic E-state index is 6.56. The first-order chi connectivity index (χ1) is 27.2. The maximum atomic E-state index is 6.56. The molecule has 0 unspecified atom stereocenters. The summed E-state index contributed by atoms with van der Waals surface area (Å²) >= 11 is 0. The Morgan fingerprint density at radius 1 is 0.436 bits per heavy atom. The van der Waals surface area contributed by atoms with Crippen LogP contribution in [0.1, 0.15) is 5.56 Å². The van der Waals surface area contributed by atoms with Gasteiger partial charge in [-0.25, -0.2) is 9.97 Å². The predicted molar refractivity (Wildman–Crippen MR) is 226 cm³/mol. The van der Waals surface area contributed by atoms with Crippen LogP contribution in [0.25, 0.3) is 94.3 Å². The van der Waals surface area contributed by atoms with Crippen LogP contribution in [-0.4, -0.2) is 22.9 Å². The minimum absolute atomic E-state index is 0.610. The molecule has 0 aliphatic carbocycles. The highest BCUT2D eigenvalue weighted by molar-refractivity contribution is 6.11. The van der Waals surface area contributed by atoms with Crippen molar-refractivity contribution in [2.24, 2.45) is 4.99 Å². The molecular weight excluding hydrogens is 673 g/mol. The van der Waals surface area contributed by atoms with E-state index in [0.717, 1.165) is 99.8 Å². The van der Waals surface area contributed by atoms with Gasteiger partial charge in [-0.1, -0.05) is 109 Å². The highest BCUT2D eigenvalue weighted by atomic mass is 16.3. The summed E-state index contributed by atoms with van der Waals surface area (Å²) in [4.78, 5) is 12.9. The third-order valence-corrected chi connectivity index (χ3v) is 10.3. The Morgan fingerprint density at radius 3 is 1.55 bits per heavy atom. The second kappa shape index (κ2) is 13.9. The predicted octanol–water partition coefficient (Wildman–Crippen LogP) is 12.4.